The number of pyridine rings is 1. The van der Waals surface area contributed by atoms with Crippen molar-refractivity contribution < 1.29 is 9.90 Å². The summed E-state index contributed by atoms with van der Waals surface area (Å²) in [7, 11) is 2.02. The summed E-state index contributed by atoms with van der Waals surface area (Å²) in [6.45, 7) is 1.16. The Labute approximate surface area is 189 Å². The fourth-order valence-electron chi connectivity index (χ4n) is 6.28. The molecule has 1 saturated carbocycles. The maximum atomic E-state index is 13.4. The van der Waals surface area contributed by atoms with E-state index >= 15 is 0 Å². The van der Waals surface area contributed by atoms with E-state index < -0.39 is 0 Å². The lowest BCUT2D eigenvalue weighted by molar-refractivity contribution is -0.127. The number of fused-ring (bicyclic) bond motifs is 4. The smallest absolute Gasteiger partial charge is 0.258 e. The van der Waals surface area contributed by atoms with Crippen LogP contribution in [-0.4, -0.2) is 46.7 Å². The molecule has 1 saturated heterocycles. The Bertz CT molecular complexity index is 1030. The normalized spacial score (nSPS) is 27.8. The van der Waals surface area contributed by atoms with E-state index in [1.54, 1.807) is 0 Å². The SMILES string of the molecule is CN1[C@@H]2Cn3c(ccc(-c4ccccc4)c3=O)[C@H]1[C@@H](C(=O)NCC1CCCCC1)[C@@H]2CO. The Morgan fingerprint density at radius 3 is 2.56 bits per heavy atom. The van der Waals surface area contributed by atoms with Crippen LogP contribution < -0.4 is 10.9 Å². The van der Waals surface area contributed by atoms with Gasteiger partial charge in [-0.1, -0.05) is 49.6 Å². The Morgan fingerprint density at radius 1 is 1.09 bits per heavy atom. The molecule has 5 rings (SSSR count). The van der Waals surface area contributed by atoms with Crippen molar-refractivity contribution in [2.75, 3.05) is 20.2 Å². The highest BCUT2D eigenvalue weighted by molar-refractivity contribution is 5.80. The third-order valence-corrected chi connectivity index (χ3v) is 8.03. The van der Waals surface area contributed by atoms with E-state index in [0.717, 1.165) is 11.3 Å². The molecule has 2 aromatic rings. The minimum absolute atomic E-state index is 0.0157. The number of aliphatic hydroxyl groups excluding tert-OH is 1. The third-order valence-electron chi connectivity index (χ3n) is 8.03. The van der Waals surface area contributed by atoms with Gasteiger partial charge >= 0.3 is 0 Å². The zero-order chi connectivity index (χ0) is 22.2. The first-order valence-electron chi connectivity index (χ1n) is 12.0. The van der Waals surface area contributed by atoms with Gasteiger partial charge in [-0.3, -0.25) is 14.5 Å². The number of carbonyl (C=O) groups is 1. The summed E-state index contributed by atoms with van der Waals surface area (Å²) in [5, 5.41) is 13.5. The molecule has 2 aliphatic heterocycles. The summed E-state index contributed by atoms with van der Waals surface area (Å²) in [6.07, 6.45) is 6.15. The van der Waals surface area contributed by atoms with E-state index in [4.69, 9.17) is 0 Å². The van der Waals surface area contributed by atoms with Crippen LogP contribution in [0.4, 0.5) is 0 Å². The minimum Gasteiger partial charge on any atom is -0.396 e. The standard InChI is InChI=1S/C26H33N3O3/c1-28-22-15-29-21(13-12-19(26(29)32)18-10-6-3-7-11-18)24(28)23(20(22)16-30)25(31)27-14-17-8-4-2-5-9-17/h3,6-7,10-13,17,20,22-24,30H,2,4-5,8-9,14-16H2,1H3,(H,27,31)/t20-,22-,23+,24+/m1/s1. The van der Waals surface area contributed by atoms with E-state index in [1.807, 2.05) is 54.1 Å². The molecule has 3 aliphatic rings. The van der Waals surface area contributed by atoms with Gasteiger partial charge in [0, 0.05) is 42.9 Å². The van der Waals surface area contributed by atoms with Crippen LogP contribution in [0, 0.1) is 17.8 Å². The monoisotopic (exact) mass is 435 g/mol. The summed E-state index contributed by atoms with van der Waals surface area (Å²) in [5.74, 6) is 0.0364. The number of aliphatic hydroxyl groups is 1. The van der Waals surface area contributed by atoms with Crippen LogP contribution in [0.2, 0.25) is 0 Å². The topological polar surface area (TPSA) is 74.6 Å². The fraction of sp³-hybridized carbons (Fsp3) is 0.538. The van der Waals surface area contributed by atoms with Crippen molar-refractivity contribution in [3.8, 4) is 11.1 Å². The zero-order valence-corrected chi connectivity index (χ0v) is 18.7. The van der Waals surface area contributed by atoms with Crippen molar-refractivity contribution in [2.45, 2.75) is 50.7 Å². The molecule has 6 heteroatoms. The van der Waals surface area contributed by atoms with Gasteiger partial charge < -0.3 is 15.0 Å². The molecule has 1 aromatic heterocycles. The Balaban J connectivity index is 1.45. The Morgan fingerprint density at radius 2 is 1.84 bits per heavy atom. The van der Waals surface area contributed by atoms with E-state index in [2.05, 4.69) is 10.2 Å². The molecule has 4 atom stereocenters. The largest absolute Gasteiger partial charge is 0.396 e. The van der Waals surface area contributed by atoms with Crippen molar-refractivity contribution in [3.05, 3.63) is 58.5 Å². The molecule has 1 aromatic carbocycles. The highest BCUT2D eigenvalue weighted by Crippen LogP contribution is 2.47. The second-order valence-electron chi connectivity index (χ2n) is 9.75. The predicted molar refractivity (Wildman–Crippen MR) is 124 cm³/mol. The molecule has 0 unspecified atom stereocenters. The first kappa shape index (κ1) is 21.4. The molecule has 6 nitrogen and oxygen atoms in total. The maximum absolute atomic E-state index is 13.4. The molecule has 1 aliphatic carbocycles. The van der Waals surface area contributed by atoms with Crippen molar-refractivity contribution in [3.63, 3.8) is 0 Å². The number of nitrogens with one attached hydrogen (secondary N) is 1. The quantitative estimate of drug-likeness (QED) is 0.757. The van der Waals surface area contributed by atoms with Gasteiger partial charge in [0.1, 0.15) is 0 Å². The molecular weight excluding hydrogens is 402 g/mol. The summed E-state index contributed by atoms with van der Waals surface area (Å²) >= 11 is 0. The average Bonchev–Trinajstić information content (AvgIpc) is 3.01. The lowest BCUT2D eigenvalue weighted by atomic mass is 9.85. The van der Waals surface area contributed by atoms with E-state index in [1.165, 1.54) is 32.1 Å². The summed E-state index contributed by atoms with van der Waals surface area (Å²) in [6, 6.07) is 13.4. The number of amides is 1. The van der Waals surface area contributed by atoms with Crippen LogP contribution in [0.15, 0.2) is 47.3 Å². The van der Waals surface area contributed by atoms with E-state index in [0.29, 0.717) is 24.6 Å². The molecule has 170 valence electrons. The molecule has 3 heterocycles. The molecule has 2 N–H and O–H groups in total. The summed E-state index contributed by atoms with van der Waals surface area (Å²) < 4.78 is 1.84. The summed E-state index contributed by atoms with van der Waals surface area (Å²) in [5.41, 5.74) is 2.44. The fourth-order valence-corrected chi connectivity index (χ4v) is 6.28. The highest BCUT2D eigenvalue weighted by Gasteiger charge is 2.54. The van der Waals surface area contributed by atoms with Crippen molar-refractivity contribution in [1.29, 1.82) is 0 Å². The lowest BCUT2D eigenvalue weighted by Crippen LogP contribution is -2.44. The molecule has 0 radical (unpaired) electrons. The van der Waals surface area contributed by atoms with Gasteiger partial charge in [0.2, 0.25) is 5.91 Å². The first-order chi connectivity index (χ1) is 15.6. The summed E-state index contributed by atoms with van der Waals surface area (Å²) in [4.78, 5) is 29.0. The minimum atomic E-state index is -0.352. The molecule has 32 heavy (non-hydrogen) atoms. The number of benzene rings is 1. The molecule has 1 amide bonds. The van der Waals surface area contributed by atoms with Crippen LogP contribution in [0.5, 0.6) is 0 Å². The van der Waals surface area contributed by atoms with Crippen molar-refractivity contribution in [1.82, 2.24) is 14.8 Å². The highest BCUT2D eigenvalue weighted by atomic mass is 16.3. The lowest BCUT2D eigenvalue weighted by Gasteiger charge is -2.35. The van der Waals surface area contributed by atoms with E-state index in [9.17, 15) is 14.7 Å². The van der Waals surface area contributed by atoms with Gasteiger partial charge in [0.25, 0.3) is 5.56 Å². The first-order valence-corrected chi connectivity index (χ1v) is 12.0. The van der Waals surface area contributed by atoms with Crippen LogP contribution >= 0.6 is 0 Å². The Hall–Kier alpha value is -2.44. The number of aromatic nitrogens is 1. The molecular formula is C26H33N3O3. The van der Waals surface area contributed by atoms with Gasteiger partial charge in [-0.15, -0.1) is 0 Å². The van der Waals surface area contributed by atoms with Gasteiger partial charge in [-0.25, -0.2) is 0 Å². The van der Waals surface area contributed by atoms with Crippen LogP contribution in [-0.2, 0) is 11.3 Å². The number of nitrogens with zero attached hydrogens (tertiary/aromatic N) is 2. The van der Waals surface area contributed by atoms with E-state index in [-0.39, 0.29) is 42.0 Å². The number of hydrogen-bond acceptors (Lipinski definition) is 4. The number of carbonyl (C=O) groups excluding carboxylic acids is 1. The Kier molecular flexibility index (Phi) is 5.91. The zero-order valence-electron chi connectivity index (χ0n) is 18.7. The van der Waals surface area contributed by atoms with Crippen molar-refractivity contribution in [2.24, 2.45) is 17.8 Å². The second kappa shape index (κ2) is 8.83. The van der Waals surface area contributed by atoms with Gasteiger partial charge in [-0.05, 0) is 43.5 Å². The van der Waals surface area contributed by atoms with Crippen molar-refractivity contribution >= 4 is 5.91 Å². The molecule has 2 fully saturated rings. The average molecular weight is 436 g/mol. The molecule has 0 spiro atoms. The van der Waals surface area contributed by atoms with Gasteiger partial charge in [0.15, 0.2) is 0 Å². The van der Waals surface area contributed by atoms with Gasteiger partial charge in [0.05, 0.1) is 12.0 Å². The molecule has 2 bridgehead atoms. The third kappa shape index (κ3) is 3.59. The predicted octanol–water partition coefficient (Wildman–Crippen LogP) is 2.81. The van der Waals surface area contributed by atoms with Crippen LogP contribution in [0.25, 0.3) is 11.1 Å². The number of hydrogen-bond donors (Lipinski definition) is 2. The number of likely N-dealkylation sites (N-methyl/N-ethyl adjacent to an activating group) is 1. The number of rotatable bonds is 5. The van der Waals surface area contributed by atoms with Crippen LogP contribution in [0.1, 0.15) is 43.8 Å². The maximum Gasteiger partial charge on any atom is 0.258 e. The van der Waals surface area contributed by atoms with Crippen LogP contribution in [0.3, 0.4) is 0 Å². The van der Waals surface area contributed by atoms with Gasteiger partial charge in [-0.2, -0.15) is 0 Å². The second-order valence-corrected chi connectivity index (χ2v) is 9.75.